The molecule has 8 heteroatoms. The minimum absolute atomic E-state index is 0.0299. The summed E-state index contributed by atoms with van der Waals surface area (Å²) in [5, 5.41) is 14.5. The van der Waals surface area contributed by atoms with Crippen LogP contribution in [-0.2, 0) is 14.3 Å². The number of ketones is 1. The SMILES string of the molecule is CC(=O)C(=N)c1ccncc1NCCN1CCCC1C(=O)NC1CCOC(C)(C)C1. The van der Waals surface area contributed by atoms with Crippen molar-refractivity contribution in [3.05, 3.63) is 24.0 Å². The van der Waals surface area contributed by atoms with Crippen LogP contribution in [0.4, 0.5) is 5.69 Å². The van der Waals surface area contributed by atoms with Gasteiger partial charge in [-0.3, -0.25) is 24.9 Å². The number of nitrogens with zero attached hydrogens (tertiary/aromatic N) is 2. The summed E-state index contributed by atoms with van der Waals surface area (Å²) in [7, 11) is 0. The number of amides is 1. The van der Waals surface area contributed by atoms with Crippen molar-refractivity contribution >= 4 is 23.1 Å². The number of carbonyl (C=O) groups excluding carboxylic acids is 2. The van der Waals surface area contributed by atoms with Gasteiger partial charge in [0, 0.05) is 44.4 Å². The lowest BCUT2D eigenvalue weighted by Gasteiger charge is -2.36. The first-order valence-electron chi connectivity index (χ1n) is 10.7. The first kappa shape index (κ1) is 22.4. The Balaban J connectivity index is 1.53. The molecule has 2 aliphatic rings. The zero-order valence-electron chi connectivity index (χ0n) is 18.2. The minimum Gasteiger partial charge on any atom is -0.382 e. The molecule has 1 aromatic heterocycles. The van der Waals surface area contributed by atoms with Crippen molar-refractivity contribution in [2.75, 3.05) is 31.6 Å². The molecule has 0 aromatic carbocycles. The second-order valence-electron chi connectivity index (χ2n) is 8.78. The molecule has 3 rings (SSSR count). The second-order valence-corrected chi connectivity index (χ2v) is 8.78. The lowest BCUT2D eigenvalue weighted by atomic mass is 9.93. The van der Waals surface area contributed by atoms with Crippen LogP contribution >= 0.6 is 0 Å². The molecule has 3 heterocycles. The summed E-state index contributed by atoms with van der Waals surface area (Å²) in [5.41, 5.74) is 1.00. The first-order valence-corrected chi connectivity index (χ1v) is 10.7. The average Bonchev–Trinajstić information content (AvgIpc) is 3.15. The Hall–Kier alpha value is -2.32. The van der Waals surface area contributed by atoms with Gasteiger partial charge in [-0.15, -0.1) is 0 Å². The second kappa shape index (κ2) is 9.66. The molecule has 0 aliphatic carbocycles. The van der Waals surface area contributed by atoms with Gasteiger partial charge in [0.25, 0.3) is 0 Å². The van der Waals surface area contributed by atoms with E-state index in [0.29, 0.717) is 30.9 Å². The molecule has 2 saturated heterocycles. The highest BCUT2D eigenvalue weighted by atomic mass is 16.5. The van der Waals surface area contributed by atoms with Crippen LogP contribution in [-0.4, -0.2) is 71.2 Å². The highest BCUT2D eigenvalue weighted by Crippen LogP contribution is 2.25. The van der Waals surface area contributed by atoms with Crippen molar-refractivity contribution in [2.45, 2.75) is 64.1 Å². The van der Waals surface area contributed by atoms with E-state index in [1.807, 2.05) is 0 Å². The monoisotopic (exact) mass is 415 g/mol. The normalized spacial score (nSPS) is 23.7. The summed E-state index contributed by atoms with van der Waals surface area (Å²) in [5.74, 6) is -0.174. The van der Waals surface area contributed by atoms with Gasteiger partial charge in [0.15, 0.2) is 5.78 Å². The van der Waals surface area contributed by atoms with Crippen LogP contribution in [0.5, 0.6) is 0 Å². The van der Waals surface area contributed by atoms with E-state index in [1.54, 1.807) is 18.5 Å². The topological polar surface area (TPSA) is 107 Å². The van der Waals surface area contributed by atoms with Crippen molar-refractivity contribution in [3.63, 3.8) is 0 Å². The Labute approximate surface area is 178 Å². The standard InChI is InChI=1S/C22H33N5O3/c1-15(28)20(23)17-6-8-24-14-18(17)25-9-11-27-10-4-5-19(27)21(29)26-16-7-12-30-22(2,3)13-16/h6,8,14,16,19,23,25H,4-5,7,9-13H2,1-3H3,(H,26,29). The van der Waals surface area contributed by atoms with E-state index < -0.39 is 0 Å². The quantitative estimate of drug-likeness (QED) is 0.561. The Morgan fingerprint density at radius 3 is 2.90 bits per heavy atom. The lowest BCUT2D eigenvalue weighted by Crippen LogP contribution is -2.51. The van der Waals surface area contributed by atoms with Crippen molar-refractivity contribution in [2.24, 2.45) is 0 Å². The number of carbonyl (C=O) groups is 2. The number of hydrogen-bond acceptors (Lipinski definition) is 7. The summed E-state index contributed by atoms with van der Waals surface area (Å²) in [4.78, 5) is 30.8. The van der Waals surface area contributed by atoms with Gasteiger partial charge in [-0.25, -0.2) is 0 Å². The maximum atomic E-state index is 12.9. The van der Waals surface area contributed by atoms with Gasteiger partial charge in [0.2, 0.25) is 5.91 Å². The molecule has 0 spiro atoms. The van der Waals surface area contributed by atoms with Gasteiger partial charge < -0.3 is 15.4 Å². The molecule has 2 unspecified atom stereocenters. The zero-order valence-corrected chi connectivity index (χ0v) is 18.2. The van der Waals surface area contributed by atoms with Crippen LogP contribution in [0.3, 0.4) is 0 Å². The average molecular weight is 416 g/mol. The van der Waals surface area contributed by atoms with Gasteiger partial charge in [-0.05, 0) is 52.1 Å². The van der Waals surface area contributed by atoms with E-state index in [-0.39, 0.29) is 35.1 Å². The Kier molecular flexibility index (Phi) is 7.20. The third-order valence-corrected chi connectivity index (χ3v) is 5.87. The maximum Gasteiger partial charge on any atom is 0.237 e. The molecule has 30 heavy (non-hydrogen) atoms. The summed E-state index contributed by atoms with van der Waals surface area (Å²) in [6.45, 7) is 8.41. The smallest absolute Gasteiger partial charge is 0.237 e. The zero-order chi connectivity index (χ0) is 21.7. The molecule has 0 saturated carbocycles. The van der Waals surface area contributed by atoms with E-state index in [2.05, 4.69) is 34.4 Å². The van der Waals surface area contributed by atoms with Crippen LogP contribution in [0.2, 0.25) is 0 Å². The molecule has 2 atom stereocenters. The van der Waals surface area contributed by atoms with Gasteiger partial charge in [0.05, 0.1) is 23.5 Å². The number of rotatable bonds is 8. The van der Waals surface area contributed by atoms with Crippen LogP contribution in [0.1, 0.15) is 52.0 Å². The third-order valence-electron chi connectivity index (χ3n) is 5.87. The maximum absolute atomic E-state index is 12.9. The molecule has 3 N–H and O–H groups in total. The summed E-state index contributed by atoms with van der Waals surface area (Å²) < 4.78 is 5.75. The summed E-state index contributed by atoms with van der Waals surface area (Å²) in [6, 6.07) is 1.73. The van der Waals surface area contributed by atoms with Crippen LogP contribution in [0.15, 0.2) is 18.5 Å². The predicted octanol–water partition coefficient (Wildman–Crippen LogP) is 1.99. The first-order chi connectivity index (χ1) is 14.3. The van der Waals surface area contributed by atoms with E-state index in [4.69, 9.17) is 10.1 Å². The molecule has 8 nitrogen and oxygen atoms in total. The molecule has 0 radical (unpaired) electrons. The number of Topliss-reactive ketones (excluding diaryl/α,β-unsaturated/α-hetero) is 1. The van der Waals surface area contributed by atoms with Crippen molar-refractivity contribution in [3.8, 4) is 0 Å². The van der Waals surface area contributed by atoms with Crippen molar-refractivity contribution in [1.82, 2.24) is 15.2 Å². The van der Waals surface area contributed by atoms with Crippen molar-refractivity contribution < 1.29 is 14.3 Å². The molecule has 1 amide bonds. The number of ether oxygens (including phenoxy) is 1. The van der Waals surface area contributed by atoms with Crippen LogP contribution in [0, 0.1) is 5.41 Å². The molecule has 164 valence electrons. The Morgan fingerprint density at radius 2 is 2.17 bits per heavy atom. The number of anilines is 1. The van der Waals surface area contributed by atoms with E-state index in [9.17, 15) is 9.59 Å². The van der Waals surface area contributed by atoms with E-state index >= 15 is 0 Å². The summed E-state index contributed by atoms with van der Waals surface area (Å²) in [6.07, 6.45) is 6.77. The van der Waals surface area contributed by atoms with Gasteiger partial charge in [-0.2, -0.15) is 0 Å². The molecular formula is C22H33N5O3. The van der Waals surface area contributed by atoms with Gasteiger partial charge >= 0.3 is 0 Å². The highest BCUT2D eigenvalue weighted by Gasteiger charge is 2.34. The Morgan fingerprint density at radius 1 is 1.37 bits per heavy atom. The van der Waals surface area contributed by atoms with Crippen LogP contribution in [0.25, 0.3) is 0 Å². The number of hydrogen-bond donors (Lipinski definition) is 3. The summed E-state index contributed by atoms with van der Waals surface area (Å²) >= 11 is 0. The van der Waals surface area contributed by atoms with Crippen molar-refractivity contribution in [1.29, 1.82) is 5.41 Å². The fraction of sp³-hybridized carbons (Fsp3) is 0.636. The lowest BCUT2D eigenvalue weighted by molar-refractivity contribution is -0.128. The van der Waals surface area contributed by atoms with E-state index in [0.717, 1.165) is 32.2 Å². The van der Waals surface area contributed by atoms with E-state index in [1.165, 1.54) is 6.92 Å². The Bertz CT molecular complexity index is 795. The number of nitrogens with one attached hydrogen (secondary N) is 3. The molecule has 2 fully saturated rings. The predicted molar refractivity (Wildman–Crippen MR) is 116 cm³/mol. The largest absolute Gasteiger partial charge is 0.382 e. The molecular weight excluding hydrogens is 382 g/mol. The number of pyridine rings is 1. The fourth-order valence-corrected chi connectivity index (χ4v) is 4.32. The van der Waals surface area contributed by atoms with Gasteiger partial charge in [-0.1, -0.05) is 0 Å². The molecule has 0 bridgehead atoms. The van der Waals surface area contributed by atoms with Crippen LogP contribution < -0.4 is 10.6 Å². The number of likely N-dealkylation sites (tertiary alicyclic amines) is 1. The highest BCUT2D eigenvalue weighted by molar-refractivity contribution is 6.45. The fourth-order valence-electron chi connectivity index (χ4n) is 4.32. The van der Waals surface area contributed by atoms with Gasteiger partial charge in [0.1, 0.15) is 5.71 Å². The third kappa shape index (κ3) is 5.64. The molecule has 1 aromatic rings. The number of aromatic nitrogens is 1. The molecule has 2 aliphatic heterocycles. The minimum atomic E-state index is -0.281.